The first-order valence-electron chi connectivity index (χ1n) is 10.2. The Balaban J connectivity index is 1.50. The van der Waals surface area contributed by atoms with Crippen LogP contribution in [0.25, 0.3) is 0 Å². The van der Waals surface area contributed by atoms with E-state index in [2.05, 4.69) is 10.0 Å². The molecule has 3 aromatic carbocycles. The lowest BCUT2D eigenvalue weighted by molar-refractivity contribution is -0.118. The van der Waals surface area contributed by atoms with Gasteiger partial charge in [-0.3, -0.25) is 4.79 Å². The van der Waals surface area contributed by atoms with Gasteiger partial charge in [0.15, 0.2) is 18.1 Å². The van der Waals surface area contributed by atoms with Crippen molar-refractivity contribution in [2.45, 2.75) is 11.3 Å². The number of benzene rings is 3. The average Bonchev–Trinajstić information content (AvgIpc) is 2.83. The third-order valence-electron chi connectivity index (χ3n) is 4.72. The average molecular weight is 471 g/mol. The number of carbonyl (C=O) groups is 1. The van der Waals surface area contributed by atoms with Crippen molar-refractivity contribution < 1.29 is 27.4 Å². The van der Waals surface area contributed by atoms with Gasteiger partial charge < -0.3 is 19.5 Å². The van der Waals surface area contributed by atoms with Crippen LogP contribution >= 0.6 is 0 Å². The number of methoxy groups -OCH3 is 2. The molecule has 9 heteroatoms. The number of anilines is 1. The van der Waals surface area contributed by atoms with E-state index in [0.717, 1.165) is 5.56 Å². The number of hydrogen-bond donors (Lipinski definition) is 2. The Morgan fingerprint density at radius 3 is 2.24 bits per heavy atom. The standard InChI is InChI=1S/C24H26N2O6S/c1-30-22-13-8-18(16-23(22)31-2)14-15-25-33(28,29)21-11-9-20(10-12-21)32-17-24(27)26-19-6-4-3-5-7-19/h3-13,16,25H,14-15,17H2,1-2H3,(H,26,27). The van der Waals surface area contributed by atoms with Gasteiger partial charge in [-0.1, -0.05) is 24.3 Å². The molecular formula is C24H26N2O6S. The molecule has 33 heavy (non-hydrogen) atoms. The zero-order chi connectivity index (χ0) is 23.7. The van der Waals surface area contributed by atoms with Gasteiger partial charge in [0.25, 0.3) is 5.91 Å². The van der Waals surface area contributed by atoms with Crippen LogP contribution in [0.1, 0.15) is 5.56 Å². The highest BCUT2D eigenvalue weighted by atomic mass is 32.2. The minimum atomic E-state index is -3.69. The van der Waals surface area contributed by atoms with Crippen LogP contribution in [0.15, 0.2) is 77.7 Å². The highest BCUT2D eigenvalue weighted by Crippen LogP contribution is 2.27. The van der Waals surface area contributed by atoms with Crippen LogP contribution in [-0.2, 0) is 21.2 Å². The Bertz CT molecular complexity index is 1170. The summed E-state index contributed by atoms with van der Waals surface area (Å²) in [6, 6.07) is 20.4. The van der Waals surface area contributed by atoms with Crippen molar-refractivity contribution in [2.75, 3.05) is 32.7 Å². The molecule has 0 aromatic heterocycles. The Labute approximate surface area is 193 Å². The van der Waals surface area contributed by atoms with Crippen molar-refractivity contribution in [1.82, 2.24) is 4.72 Å². The predicted molar refractivity (Wildman–Crippen MR) is 125 cm³/mol. The van der Waals surface area contributed by atoms with E-state index in [-0.39, 0.29) is 24.0 Å². The normalized spacial score (nSPS) is 11.0. The van der Waals surface area contributed by atoms with Gasteiger partial charge in [0.05, 0.1) is 19.1 Å². The van der Waals surface area contributed by atoms with Crippen molar-refractivity contribution in [3.63, 3.8) is 0 Å². The molecule has 0 bridgehead atoms. The van der Waals surface area contributed by atoms with Crippen LogP contribution in [0, 0.1) is 0 Å². The summed E-state index contributed by atoms with van der Waals surface area (Å²) in [5.74, 6) is 1.28. The van der Waals surface area contributed by atoms with Crippen LogP contribution in [0.2, 0.25) is 0 Å². The van der Waals surface area contributed by atoms with Crippen molar-refractivity contribution in [3.8, 4) is 17.2 Å². The molecule has 2 N–H and O–H groups in total. The first-order valence-corrected chi connectivity index (χ1v) is 11.7. The second-order valence-electron chi connectivity index (χ2n) is 7.01. The number of hydrogen-bond acceptors (Lipinski definition) is 6. The van der Waals surface area contributed by atoms with Crippen LogP contribution in [0.3, 0.4) is 0 Å². The maximum Gasteiger partial charge on any atom is 0.262 e. The molecule has 0 fully saturated rings. The summed E-state index contributed by atoms with van der Waals surface area (Å²) < 4.78 is 43.6. The largest absolute Gasteiger partial charge is 0.493 e. The van der Waals surface area contributed by atoms with E-state index in [1.165, 1.54) is 24.3 Å². The smallest absolute Gasteiger partial charge is 0.262 e. The Morgan fingerprint density at radius 1 is 0.879 bits per heavy atom. The predicted octanol–water partition coefficient (Wildman–Crippen LogP) is 3.24. The number of nitrogens with one attached hydrogen (secondary N) is 2. The molecule has 3 aromatic rings. The number of sulfonamides is 1. The first-order chi connectivity index (χ1) is 15.9. The minimum absolute atomic E-state index is 0.107. The summed E-state index contributed by atoms with van der Waals surface area (Å²) in [5.41, 5.74) is 1.58. The van der Waals surface area contributed by atoms with Gasteiger partial charge in [0.2, 0.25) is 10.0 Å². The van der Waals surface area contributed by atoms with Crippen molar-refractivity contribution in [1.29, 1.82) is 0 Å². The molecule has 0 heterocycles. The second kappa shape index (κ2) is 11.3. The van der Waals surface area contributed by atoms with E-state index in [0.29, 0.717) is 29.4 Å². The van der Waals surface area contributed by atoms with E-state index in [9.17, 15) is 13.2 Å². The SMILES string of the molecule is COc1ccc(CCNS(=O)(=O)c2ccc(OCC(=O)Nc3ccccc3)cc2)cc1OC. The van der Waals surface area contributed by atoms with Crippen molar-refractivity contribution >= 4 is 21.6 Å². The fourth-order valence-corrected chi connectivity index (χ4v) is 4.06. The molecular weight excluding hydrogens is 444 g/mol. The number of rotatable bonds is 11. The van der Waals surface area contributed by atoms with E-state index in [1.807, 2.05) is 30.3 Å². The molecule has 0 radical (unpaired) electrons. The molecule has 0 aliphatic rings. The summed E-state index contributed by atoms with van der Waals surface area (Å²) in [5, 5.41) is 2.71. The Kier molecular flexibility index (Phi) is 8.28. The monoisotopic (exact) mass is 470 g/mol. The van der Waals surface area contributed by atoms with Gasteiger partial charge in [-0.2, -0.15) is 0 Å². The molecule has 0 unspecified atom stereocenters. The highest BCUT2D eigenvalue weighted by Gasteiger charge is 2.14. The van der Waals surface area contributed by atoms with E-state index in [4.69, 9.17) is 14.2 Å². The fraction of sp³-hybridized carbons (Fsp3) is 0.208. The fourth-order valence-electron chi connectivity index (χ4n) is 3.03. The molecule has 0 aliphatic heterocycles. The molecule has 3 rings (SSSR count). The lowest BCUT2D eigenvalue weighted by Gasteiger charge is -2.11. The molecule has 1 amide bonds. The van der Waals surface area contributed by atoms with E-state index < -0.39 is 10.0 Å². The molecule has 0 aliphatic carbocycles. The summed E-state index contributed by atoms with van der Waals surface area (Å²) in [4.78, 5) is 12.1. The third kappa shape index (κ3) is 6.96. The number of ether oxygens (including phenoxy) is 3. The topological polar surface area (TPSA) is 103 Å². The maximum absolute atomic E-state index is 12.6. The van der Waals surface area contributed by atoms with Crippen LogP contribution in [0.5, 0.6) is 17.2 Å². The second-order valence-corrected chi connectivity index (χ2v) is 8.78. The zero-order valence-corrected chi connectivity index (χ0v) is 19.2. The van der Waals surface area contributed by atoms with Gasteiger partial charge in [-0.15, -0.1) is 0 Å². The molecule has 8 nitrogen and oxygen atoms in total. The van der Waals surface area contributed by atoms with Gasteiger partial charge in [-0.05, 0) is 60.5 Å². The third-order valence-corrected chi connectivity index (χ3v) is 6.19. The number of carbonyl (C=O) groups excluding carboxylic acids is 1. The molecule has 174 valence electrons. The van der Waals surface area contributed by atoms with Crippen LogP contribution < -0.4 is 24.2 Å². The summed E-state index contributed by atoms with van der Waals surface area (Å²) in [6.07, 6.45) is 0.483. The summed E-state index contributed by atoms with van der Waals surface area (Å²) in [7, 11) is -0.582. The van der Waals surface area contributed by atoms with E-state index >= 15 is 0 Å². The minimum Gasteiger partial charge on any atom is -0.493 e. The van der Waals surface area contributed by atoms with Crippen LogP contribution in [-0.4, -0.2) is 41.7 Å². The van der Waals surface area contributed by atoms with Gasteiger partial charge in [0.1, 0.15) is 5.75 Å². The quantitative estimate of drug-likeness (QED) is 0.446. The highest BCUT2D eigenvalue weighted by molar-refractivity contribution is 7.89. The Hall–Kier alpha value is -3.56. The molecule has 0 atom stereocenters. The molecule has 0 saturated carbocycles. The molecule has 0 spiro atoms. The van der Waals surface area contributed by atoms with Crippen molar-refractivity contribution in [2.24, 2.45) is 0 Å². The Morgan fingerprint density at radius 2 is 1.58 bits per heavy atom. The van der Waals surface area contributed by atoms with Crippen molar-refractivity contribution in [3.05, 3.63) is 78.4 Å². The summed E-state index contributed by atoms with van der Waals surface area (Å²) >= 11 is 0. The lowest BCUT2D eigenvalue weighted by Crippen LogP contribution is -2.26. The maximum atomic E-state index is 12.6. The summed E-state index contributed by atoms with van der Waals surface area (Å²) in [6.45, 7) is 0.0281. The van der Waals surface area contributed by atoms with Crippen LogP contribution in [0.4, 0.5) is 5.69 Å². The molecule has 0 saturated heterocycles. The van der Waals surface area contributed by atoms with Gasteiger partial charge in [0, 0.05) is 12.2 Å². The van der Waals surface area contributed by atoms with Gasteiger partial charge in [-0.25, -0.2) is 13.1 Å². The lowest BCUT2D eigenvalue weighted by atomic mass is 10.1. The first kappa shape index (κ1) is 24.1. The number of para-hydroxylation sites is 1. The zero-order valence-electron chi connectivity index (χ0n) is 18.4. The van der Waals surface area contributed by atoms with E-state index in [1.54, 1.807) is 32.4 Å². The number of amides is 1. The van der Waals surface area contributed by atoms with Gasteiger partial charge >= 0.3 is 0 Å².